The van der Waals surface area contributed by atoms with E-state index in [9.17, 15) is 9.36 Å². The first-order valence-electron chi connectivity index (χ1n) is 6.39. The summed E-state index contributed by atoms with van der Waals surface area (Å²) in [5, 5.41) is -0.447. The van der Waals surface area contributed by atoms with Crippen LogP contribution in [0.5, 0.6) is 0 Å². The first-order chi connectivity index (χ1) is 9.21. The average molecular weight is 301 g/mol. The lowest BCUT2D eigenvalue weighted by atomic mass is 10.3. The third-order valence-electron chi connectivity index (χ3n) is 3.27. The zero-order valence-electron chi connectivity index (χ0n) is 11.9. The maximum Gasteiger partial charge on any atom is 0.349 e. The number of nitrogen functional groups attached to an aromatic ring is 1. The number of anilines is 1. The topological polar surface area (TPSA) is 96.4 Å². The predicted octanol–water partition coefficient (Wildman–Crippen LogP) is 1.27. The minimum atomic E-state index is -2.80. The molecule has 2 rings (SSSR count). The molecule has 2 N–H and O–H groups in total. The zero-order valence-corrected chi connectivity index (χ0v) is 12.8. The molecule has 1 aliphatic heterocycles. The van der Waals surface area contributed by atoms with E-state index in [2.05, 4.69) is 4.98 Å². The van der Waals surface area contributed by atoms with Crippen LogP contribution in [0.4, 0.5) is 5.82 Å². The SMILES string of the molecule is CC(C)(C)P1(=O)CO[C@H](Cn2ccc(N)nc2=O)CO1. The van der Waals surface area contributed by atoms with E-state index in [0.717, 1.165) is 0 Å². The quantitative estimate of drug-likeness (QED) is 0.826. The summed E-state index contributed by atoms with van der Waals surface area (Å²) < 4.78 is 25.1. The van der Waals surface area contributed by atoms with Crippen molar-refractivity contribution >= 4 is 13.2 Å². The van der Waals surface area contributed by atoms with Gasteiger partial charge in [0.25, 0.3) is 0 Å². The molecule has 0 radical (unpaired) electrons. The van der Waals surface area contributed by atoms with E-state index in [-0.39, 0.29) is 24.9 Å². The highest BCUT2D eigenvalue weighted by Crippen LogP contribution is 2.60. The molecule has 0 spiro atoms. The minimum Gasteiger partial charge on any atom is -0.383 e. The molecular formula is C12H20N3O4P. The predicted molar refractivity (Wildman–Crippen MR) is 76.0 cm³/mol. The standard InChI is InChI=1S/C12H20N3O4P/c1-12(2,3)20(17)8-18-9(7-19-20)6-15-5-4-10(13)14-11(15)16/h4-5,9H,6-8H2,1-3H3,(H2,13,14,16)/t9-,20?/m1/s1. The van der Waals surface area contributed by atoms with Gasteiger partial charge in [0.2, 0.25) is 7.37 Å². The number of hydrogen-bond acceptors (Lipinski definition) is 6. The fourth-order valence-corrected chi connectivity index (χ4v) is 3.45. The summed E-state index contributed by atoms with van der Waals surface area (Å²) in [6, 6.07) is 1.55. The Bertz CT molecular complexity index is 581. The van der Waals surface area contributed by atoms with E-state index in [1.165, 1.54) is 4.57 Å². The zero-order chi connectivity index (χ0) is 15.0. The molecule has 0 amide bonds. The molecule has 20 heavy (non-hydrogen) atoms. The lowest BCUT2D eigenvalue weighted by Crippen LogP contribution is -2.37. The smallest absolute Gasteiger partial charge is 0.349 e. The number of hydrogen-bond donors (Lipinski definition) is 1. The first kappa shape index (κ1) is 15.2. The lowest BCUT2D eigenvalue weighted by Gasteiger charge is -2.36. The molecule has 0 bridgehead atoms. The fraction of sp³-hybridized carbons (Fsp3) is 0.667. The van der Waals surface area contributed by atoms with Crippen molar-refractivity contribution in [1.29, 1.82) is 0 Å². The van der Waals surface area contributed by atoms with Crippen LogP contribution >= 0.6 is 7.37 Å². The van der Waals surface area contributed by atoms with Crippen molar-refractivity contribution in [1.82, 2.24) is 9.55 Å². The van der Waals surface area contributed by atoms with Gasteiger partial charge in [0.1, 0.15) is 18.3 Å². The van der Waals surface area contributed by atoms with Crippen LogP contribution in [0.3, 0.4) is 0 Å². The molecule has 2 atom stereocenters. The molecule has 1 aromatic heterocycles. The molecular weight excluding hydrogens is 281 g/mol. The van der Waals surface area contributed by atoms with Crippen molar-refractivity contribution < 1.29 is 13.8 Å². The lowest BCUT2D eigenvalue weighted by molar-refractivity contribution is 0.0000299. The van der Waals surface area contributed by atoms with Gasteiger partial charge >= 0.3 is 5.69 Å². The van der Waals surface area contributed by atoms with Crippen LogP contribution in [0.1, 0.15) is 20.8 Å². The summed E-state index contributed by atoms with van der Waals surface area (Å²) >= 11 is 0. The van der Waals surface area contributed by atoms with Crippen LogP contribution in [0.2, 0.25) is 0 Å². The van der Waals surface area contributed by atoms with Gasteiger partial charge < -0.3 is 15.0 Å². The van der Waals surface area contributed by atoms with E-state index in [0.29, 0.717) is 6.54 Å². The van der Waals surface area contributed by atoms with Gasteiger partial charge in [-0.1, -0.05) is 20.8 Å². The Labute approximate surface area is 117 Å². The van der Waals surface area contributed by atoms with Crippen LogP contribution in [0.25, 0.3) is 0 Å². The van der Waals surface area contributed by atoms with Gasteiger partial charge in [0.05, 0.1) is 13.2 Å². The summed E-state index contributed by atoms with van der Waals surface area (Å²) in [6.07, 6.45) is 1.31. The van der Waals surface area contributed by atoms with Crippen LogP contribution < -0.4 is 11.4 Å². The summed E-state index contributed by atoms with van der Waals surface area (Å²) in [6.45, 7) is 6.10. The number of aromatic nitrogens is 2. The van der Waals surface area contributed by atoms with Gasteiger partial charge in [-0.05, 0) is 6.07 Å². The second-order valence-corrected chi connectivity index (χ2v) is 9.05. The molecule has 1 fully saturated rings. The van der Waals surface area contributed by atoms with Gasteiger partial charge in [-0.25, -0.2) is 4.79 Å². The molecule has 7 nitrogen and oxygen atoms in total. The molecule has 1 unspecified atom stereocenters. The summed E-state index contributed by atoms with van der Waals surface area (Å²) in [5.74, 6) is 0.185. The minimum absolute atomic E-state index is 0.0678. The third-order valence-corrected chi connectivity index (χ3v) is 6.37. The van der Waals surface area contributed by atoms with Crippen molar-refractivity contribution in [3.05, 3.63) is 22.7 Å². The number of ether oxygens (including phenoxy) is 1. The number of rotatable bonds is 2. The Balaban J connectivity index is 2.02. The highest BCUT2D eigenvalue weighted by molar-refractivity contribution is 7.60. The number of nitrogens with zero attached hydrogens (tertiary/aromatic N) is 2. The third kappa shape index (κ3) is 3.11. The summed E-state index contributed by atoms with van der Waals surface area (Å²) in [5.41, 5.74) is 4.99. The van der Waals surface area contributed by atoms with Gasteiger partial charge in [0, 0.05) is 11.4 Å². The maximum absolute atomic E-state index is 12.5. The molecule has 8 heteroatoms. The monoisotopic (exact) mass is 301 g/mol. The maximum atomic E-state index is 12.5. The molecule has 0 aliphatic carbocycles. The second kappa shape index (κ2) is 5.31. The molecule has 2 heterocycles. The Morgan fingerprint density at radius 3 is 2.75 bits per heavy atom. The van der Waals surface area contributed by atoms with E-state index in [1.54, 1.807) is 12.3 Å². The molecule has 0 saturated carbocycles. The number of nitrogens with two attached hydrogens (primary N) is 1. The highest BCUT2D eigenvalue weighted by Gasteiger charge is 2.42. The van der Waals surface area contributed by atoms with E-state index in [1.807, 2.05) is 20.8 Å². The summed E-state index contributed by atoms with van der Waals surface area (Å²) in [4.78, 5) is 15.3. The molecule has 1 saturated heterocycles. The normalized spacial score (nSPS) is 27.4. The Morgan fingerprint density at radius 2 is 2.25 bits per heavy atom. The molecule has 0 aromatic carbocycles. The van der Waals surface area contributed by atoms with Crippen molar-refractivity contribution in [2.45, 2.75) is 38.6 Å². The van der Waals surface area contributed by atoms with E-state index >= 15 is 0 Å². The molecule has 1 aliphatic rings. The largest absolute Gasteiger partial charge is 0.383 e. The van der Waals surface area contributed by atoms with E-state index in [4.69, 9.17) is 15.0 Å². The van der Waals surface area contributed by atoms with Gasteiger partial charge in [-0.3, -0.25) is 9.13 Å². The van der Waals surface area contributed by atoms with Gasteiger partial charge in [0.15, 0.2) is 0 Å². The first-order valence-corrected chi connectivity index (χ1v) is 8.20. The van der Waals surface area contributed by atoms with Crippen LogP contribution in [0.15, 0.2) is 17.1 Å². The van der Waals surface area contributed by atoms with E-state index < -0.39 is 18.2 Å². The Kier molecular flexibility index (Phi) is 4.04. The highest BCUT2D eigenvalue weighted by atomic mass is 31.2. The van der Waals surface area contributed by atoms with Crippen molar-refractivity contribution in [3.8, 4) is 0 Å². The Hall–Kier alpha value is -1.17. The van der Waals surface area contributed by atoms with Crippen LogP contribution in [-0.2, 0) is 20.4 Å². The molecule has 112 valence electrons. The van der Waals surface area contributed by atoms with Gasteiger partial charge in [-0.15, -0.1) is 0 Å². The van der Waals surface area contributed by atoms with Crippen molar-refractivity contribution in [3.63, 3.8) is 0 Å². The van der Waals surface area contributed by atoms with Crippen molar-refractivity contribution in [2.24, 2.45) is 0 Å². The average Bonchev–Trinajstić information content (AvgIpc) is 2.34. The fourth-order valence-electron chi connectivity index (χ4n) is 1.79. The Morgan fingerprint density at radius 1 is 1.55 bits per heavy atom. The van der Waals surface area contributed by atoms with Gasteiger partial charge in [-0.2, -0.15) is 4.98 Å². The second-order valence-electron chi connectivity index (χ2n) is 5.85. The van der Waals surface area contributed by atoms with Crippen LogP contribution in [0, 0.1) is 0 Å². The molecule has 1 aromatic rings. The van der Waals surface area contributed by atoms with Crippen LogP contribution in [-0.4, -0.2) is 33.8 Å². The van der Waals surface area contributed by atoms with Crippen molar-refractivity contribution in [2.75, 3.05) is 18.7 Å². The summed E-state index contributed by atoms with van der Waals surface area (Å²) in [7, 11) is -2.80.